The van der Waals surface area contributed by atoms with E-state index in [1.807, 2.05) is 41.8 Å². The summed E-state index contributed by atoms with van der Waals surface area (Å²) >= 11 is 0. The highest BCUT2D eigenvalue weighted by Crippen LogP contribution is 2.36. The van der Waals surface area contributed by atoms with E-state index in [0.29, 0.717) is 30.4 Å². The zero-order valence-corrected chi connectivity index (χ0v) is 18.6. The summed E-state index contributed by atoms with van der Waals surface area (Å²) in [6.07, 6.45) is 2.69. The highest BCUT2D eigenvalue weighted by molar-refractivity contribution is 5.95. The summed E-state index contributed by atoms with van der Waals surface area (Å²) in [5, 5.41) is 7.70. The molecule has 0 unspecified atom stereocenters. The lowest BCUT2D eigenvalue weighted by Crippen LogP contribution is -2.37. The van der Waals surface area contributed by atoms with Crippen LogP contribution in [0.15, 0.2) is 41.2 Å². The van der Waals surface area contributed by atoms with E-state index in [1.165, 1.54) is 0 Å². The van der Waals surface area contributed by atoms with Crippen molar-refractivity contribution in [3.8, 4) is 28.5 Å². The molecule has 1 fully saturated rings. The minimum Gasteiger partial charge on any atom is -0.490 e. The van der Waals surface area contributed by atoms with Crippen molar-refractivity contribution in [1.29, 1.82) is 0 Å². The number of aromatic nitrogens is 5. The van der Waals surface area contributed by atoms with Crippen molar-refractivity contribution in [2.45, 2.75) is 19.9 Å². The van der Waals surface area contributed by atoms with Gasteiger partial charge in [-0.25, -0.2) is 14.6 Å². The number of hydrogen-bond acceptors (Lipinski definition) is 9. The molecule has 0 atom stereocenters. The topological polar surface area (TPSA) is 117 Å². The maximum absolute atomic E-state index is 6.23. The largest absolute Gasteiger partial charge is 0.490 e. The fraction of sp³-hybridized carbons (Fsp3) is 0.391. The van der Waals surface area contributed by atoms with E-state index in [4.69, 9.17) is 29.8 Å². The van der Waals surface area contributed by atoms with Gasteiger partial charge in [0.2, 0.25) is 0 Å². The molecular formula is C23H27N7O3. The molecule has 4 aromatic rings. The van der Waals surface area contributed by atoms with Crippen molar-refractivity contribution in [1.82, 2.24) is 29.7 Å². The third-order valence-corrected chi connectivity index (χ3v) is 5.81. The summed E-state index contributed by atoms with van der Waals surface area (Å²) in [7, 11) is 0. The van der Waals surface area contributed by atoms with Gasteiger partial charge in [0.25, 0.3) is 0 Å². The van der Waals surface area contributed by atoms with Crippen molar-refractivity contribution >= 4 is 16.9 Å². The first-order valence-corrected chi connectivity index (χ1v) is 11.2. The maximum atomic E-state index is 6.23. The van der Waals surface area contributed by atoms with Crippen molar-refractivity contribution < 1.29 is 14.1 Å². The number of nitrogens with zero attached hydrogens (tertiary/aromatic N) is 6. The van der Waals surface area contributed by atoms with E-state index in [0.717, 1.165) is 61.6 Å². The van der Waals surface area contributed by atoms with Crippen LogP contribution in [0, 0.1) is 0 Å². The molecule has 1 aliphatic heterocycles. The number of anilines is 1. The first-order chi connectivity index (χ1) is 16.3. The number of morpholine rings is 1. The van der Waals surface area contributed by atoms with Crippen LogP contribution in [-0.2, 0) is 11.3 Å². The number of imidazole rings is 1. The van der Waals surface area contributed by atoms with Crippen molar-refractivity contribution in [3.63, 3.8) is 0 Å². The van der Waals surface area contributed by atoms with Gasteiger partial charge in [-0.05, 0) is 23.7 Å². The van der Waals surface area contributed by atoms with Crippen molar-refractivity contribution in [2.75, 3.05) is 45.2 Å². The van der Waals surface area contributed by atoms with Gasteiger partial charge in [0.05, 0.1) is 31.7 Å². The molecule has 1 aromatic carbocycles. The second-order valence-electron chi connectivity index (χ2n) is 7.87. The van der Waals surface area contributed by atoms with Crippen molar-refractivity contribution in [2.24, 2.45) is 0 Å². The Balaban J connectivity index is 1.51. The Morgan fingerprint density at radius 2 is 1.91 bits per heavy atom. The van der Waals surface area contributed by atoms with E-state index in [-0.39, 0.29) is 5.82 Å². The van der Waals surface area contributed by atoms with Crippen LogP contribution in [0.4, 0.5) is 5.82 Å². The number of benzene rings is 1. The second-order valence-corrected chi connectivity index (χ2v) is 7.87. The molecule has 10 heteroatoms. The second kappa shape index (κ2) is 9.55. The summed E-state index contributed by atoms with van der Waals surface area (Å²) in [5.74, 6) is 1.46. The smallest absolute Gasteiger partial charge is 0.199 e. The predicted molar refractivity (Wildman–Crippen MR) is 124 cm³/mol. The van der Waals surface area contributed by atoms with Gasteiger partial charge < -0.3 is 19.8 Å². The first kappa shape index (κ1) is 21.4. The van der Waals surface area contributed by atoms with E-state index in [1.54, 1.807) is 6.20 Å². The molecule has 0 saturated carbocycles. The normalized spacial score (nSPS) is 14.7. The maximum Gasteiger partial charge on any atom is 0.199 e. The lowest BCUT2D eigenvalue weighted by atomic mass is 10.1. The molecule has 5 rings (SSSR count). The Kier molecular flexibility index (Phi) is 6.18. The molecule has 10 nitrogen and oxygen atoms in total. The highest BCUT2D eigenvalue weighted by atomic mass is 16.6. The van der Waals surface area contributed by atoms with Gasteiger partial charge in [-0.1, -0.05) is 30.3 Å². The standard InChI is InChI=1S/C23H27N7O3/c1-2-30-21-17(32-12-6-9-29-10-13-31-14-11-29)15-25-18(16-7-4-3-5-8-16)19(21)26-23(30)20-22(24)28-33-27-20/h3-5,7-8,15H,2,6,9-14H2,1H3,(H2,24,28). The Labute approximate surface area is 191 Å². The molecular weight excluding hydrogens is 422 g/mol. The Bertz CT molecular complexity index is 1220. The van der Waals surface area contributed by atoms with E-state index < -0.39 is 0 Å². The number of nitrogen functional groups attached to an aromatic ring is 1. The number of fused-ring (bicyclic) bond motifs is 1. The minimum absolute atomic E-state index is 0.196. The molecule has 1 saturated heterocycles. The van der Waals surface area contributed by atoms with Gasteiger partial charge in [0.1, 0.15) is 11.0 Å². The number of hydrogen-bond donors (Lipinski definition) is 1. The molecule has 0 spiro atoms. The number of aryl methyl sites for hydroxylation is 1. The number of pyridine rings is 1. The van der Waals surface area contributed by atoms with Crippen molar-refractivity contribution in [3.05, 3.63) is 36.5 Å². The van der Waals surface area contributed by atoms with Gasteiger partial charge in [0.15, 0.2) is 23.1 Å². The van der Waals surface area contributed by atoms with Crippen LogP contribution in [0.25, 0.3) is 33.8 Å². The van der Waals surface area contributed by atoms with Crippen LogP contribution < -0.4 is 10.5 Å². The summed E-state index contributed by atoms with van der Waals surface area (Å²) in [6, 6.07) is 9.97. The first-order valence-electron chi connectivity index (χ1n) is 11.2. The van der Waals surface area contributed by atoms with Crippen LogP contribution in [0.5, 0.6) is 5.75 Å². The molecule has 4 heterocycles. The van der Waals surface area contributed by atoms with Gasteiger partial charge in [-0.3, -0.25) is 4.90 Å². The summed E-state index contributed by atoms with van der Waals surface area (Å²) in [5.41, 5.74) is 9.73. The number of ether oxygens (including phenoxy) is 2. The lowest BCUT2D eigenvalue weighted by molar-refractivity contribution is 0.0358. The fourth-order valence-electron chi connectivity index (χ4n) is 4.16. The van der Waals surface area contributed by atoms with Crippen LogP contribution in [0.3, 0.4) is 0 Å². The van der Waals surface area contributed by atoms with Crippen LogP contribution in [0.2, 0.25) is 0 Å². The van der Waals surface area contributed by atoms with Gasteiger partial charge in [-0.2, -0.15) is 0 Å². The number of nitrogens with two attached hydrogens (primary N) is 1. The van der Waals surface area contributed by atoms with Gasteiger partial charge >= 0.3 is 0 Å². The molecule has 0 aliphatic carbocycles. The predicted octanol–water partition coefficient (Wildman–Crippen LogP) is 2.85. The van der Waals surface area contributed by atoms with Crippen LogP contribution in [-0.4, -0.2) is 69.2 Å². The van der Waals surface area contributed by atoms with Gasteiger partial charge in [-0.15, -0.1) is 0 Å². The summed E-state index contributed by atoms with van der Waals surface area (Å²) in [6.45, 7) is 7.76. The highest BCUT2D eigenvalue weighted by Gasteiger charge is 2.24. The molecule has 3 aromatic heterocycles. The molecule has 0 bridgehead atoms. The molecule has 0 amide bonds. The minimum atomic E-state index is 0.196. The fourth-order valence-corrected chi connectivity index (χ4v) is 4.16. The molecule has 172 valence electrons. The quantitative estimate of drug-likeness (QED) is 0.405. The SMILES string of the molecule is CCn1c(-c2nonc2N)nc2c(-c3ccccc3)ncc(OCCCN3CCOCC3)c21. The van der Waals surface area contributed by atoms with Crippen LogP contribution in [0.1, 0.15) is 13.3 Å². The Morgan fingerprint density at radius 3 is 2.64 bits per heavy atom. The summed E-state index contributed by atoms with van der Waals surface area (Å²) < 4.78 is 18.5. The van der Waals surface area contributed by atoms with E-state index in [2.05, 4.69) is 15.2 Å². The zero-order chi connectivity index (χ0) is 22.6. The third kappa shape index (κ3) is 4.27. The molecule has 33 heavy (non-hydrogen) atoms. The Hall–Kier alpha value is -3.50. The zero-order valence-electron chi connectivity index (χ0n) is 18.6. The average Bonchev–Trinajstić information content (AvgIpc) is 3.46. The molecule has 2 N–H and O–H groups in total. The monoisotopic (exact) mass is 449 g/mol. The number of rotatable bonds is 8. The lowest BCUT2D eigenvalue weighted by Gasteiger charge is -2.26. The van der Waals surface area contributed by atoms with Crippen LogP contribution >= 0.6 is 0 Å². The molecule has 1 aliphatic rings. The Morgan fingerprint density at radius 1 is 1.09 bits per heavy atom. The summed E-state index contributed by atoms with van der Waals surface area (Å²) in [4.78, 5) is 12.0. The van der Waals surface area contributed by atoms with E-state index in [9.17, 15) is 0 Å². The van der Waals surface area contributed by atoms with Gasteiger partial charge in [0, 0.05) is 31.7 Å². The molecule has 0 radical (unpaired) electrons. The van der Waals surface area contributed by atoms with E-state index >= 15 is 0 Å². The third-order valence-electron chi connectivity index (χ3n) is 5.81. The average molecular weight is 450 g/mol.